The maximum Gasteiger partial charge on any atom is 0.0720 e. The Morgan fingerprint density at radius 1 is 0.612 bits per heavy atom. The molecule has 0 amide bonds. The minimum Gasteiger partial charge on any atom is -0.386 e. The molecule has 0 aliphatic carbocycles. The second-order valence-corrected chi connectivity index (χ2v) is 12.8. The monoisotopic (exact) mass is 631 g/mol. The predicted octanol–water partition coefficient (Wildman–Crippen LogP) is 10.1. The van der Waals surface area contributed by atoms with Gasteiger partial charge in [0.2, 0.25) is 0 Å². The SMILES string of the molecule is Cc1ccnc(C2=CC(c3ccc4c5ccc6cc(-c7cncc(-c8cc(C)ccn8)c7)ccc6c5n(-c5ccccc5)c4c3)=CNC2)c1. The Labute approximate surface area is 285 Å². The molecule has 8 aromatic rings. The Kier molecular flexibility index (Phi) is 6.91. The van der Waals surface area contributed by atoms with Gasteiger partial charge in [0.1, 0.15) is 0 Å². The lowest BCUT2D eigenvalue weighted by Gasteiger charge is -2.16. The van der Waals surface area contributed by atoms with E-state index >= 15 is 0 Å². The highest BCUT2D eigenvalue weighted by Crippen LogP contribution is 2.39. The van der Waals surface area contributed by atoms with E-state index in [1.54, 1.807) is 0 Å². The molecule has 0 bridgehead atoms. The number of allylic oxidation sites excluding steroid dienone is 2. The molecule has 5 heterocycles. The molecule has 234 valence electrons. The van der Waals surface area contributed by atoms with Gasteiger partial charge >= 0.3 is 0 Å². The summed E-state index contributed by atoms with van der Waals surface area (Å²) in [4.78, 5) is 13.8. The molecule has 0 unspecified atom stereocenters. The van der Waals surface area contributed by atoms with Crippen LogP contribution in [0.4, 0.5) is 0 Å². The summed E-state index contributed by atoms with van der Waals surface area (Å²) >= 11 is 0. The summed E-state index contributed by atoms with van der Waals surface area (Å²) in [6.07, 6.45) is 11.9. The van der Waals surface area contributed by atoms with Crippen molar-refractivity contribution >= 4 is 43.7 Å². The van der Waals surface area contributed by atoms with Crippen molar-refractivity contribution in [1.82, 2.24) is 24.8 Å². The van der Waals surface area contributed by atoms with E-state index in [-0.39, 0.29) is 0 Å². The van der Waals surface area contributed by atoms with Crippen molar-refractivity contribution in [3.8, 4) is 28.1 Å². The molecule has 4 aromatic heterocycles. The molecular weight excluding hydrogens is 599 g/mol. The third-order valence-corrected chi connectivity index (χ3v) is 9.50. The number of nitrogens with zero attached hydrogens (tertiary/aromatic N) is 4. The first-order valence-corrected chi connectivity index (χ1v) is 16.6. The first-order valence-electron chi connectivity index (χ1n) is 16.6. The van der Waals surface area contributed by atoms with E-state index in [1.807, 2.05) is 36.9 Å². The smallest absolute Gasteiger partial charge is 0.0720 e. The van der Waals surface area contributed by atoms with Crippen LogP contribution in [-0.2, 0) is 0 Å². The quantitative estimate of drug-likeness (QED) is 0.205. The normalized spacial score (nSPS) is 13.0. The maximum absolute atomic E-state index is 4.65. The van der Waals surface area contributed by atoms with Crippen LogP contribution in [0, 0.1) is 13.8 Å². The molecule has 9 rings (SSSR count). The molecule has 5 heteroatoms. The molecule has 0 saturated heterocycles. The molecule has 0 radical (unpaired) electrons. The molecular formula is C44H33N5. The van der Waals surface area contributed by atoms with Crippen LogP contribution in [0.2, 0.25) is 0 Å². The van der Waals surface area contributed by atoms with E-state index in [0.29, 0.717) is 0 Å². The number of aromatic nitrogens is 4. The second-order valence-electron chi connectivity index (χ2n) is 12.8. The Morgan fingerprint density at radius 3 is 2.18 bits per heavy atom. The number of nitrogens with one attached hydrogen (secondary N) is 1. The number of rotatable bonds is 5. The van der Waals surface area contributed by atoms with Gasteiger partial charge in [-0.25, -0.2) is 0 Å². The summed E-state index contributed by atoms with van der Waals surface area (Å²) < 4.78 is 2.42. The first-order chi connectivity index (χ1) is 24.1. The molecule has 5 nitrogen and oxygen atoms in total. The molecule has 1 aliphatic heterocycles. The van der Waals surface area contributed by atoms with Crippen molar-refractivity contribution < 1.29 is 0 Å². The lowest BCUT2D eigenvalue weighted by Crippen LogP contribution is -2.14. The predicted molar refractivity (Wildman–Crippen MR) is 202 cm³/mol. The van der Waals surface area contributed by atoms with Gasteiger partial charge < -0.3 is 9.88 Å². The van der Waals surface area contributed by atoms with Crippen LogP contribution in [0.25, 0.3) is 71.8 Å². The van der Waals surface area contributed by atoms with Gasteiger partial charge in [-0.2, -0.15) is 0 Å². The van der Waals surface area contributed by atoms with Crippen LogP contribution in [0.1, 0.15) is 22.4 Å². The number of benzene rings is 4. The lowest BCUT2D eigenvalue weighted by atomic mass is 9.97. The average Bonchev–Trinajstić information content (AvgIpc) is 3.49. The second kappa shape index (κ2) is 11.7. The highest BCUT2D eigenvalue weighted by Gasteiger charge is 2.18. The Morgan fingerprint density at radius 2 is 1.35 bits per heavy atom. The summed E-state index contributed by atoms with van der Waals surface area (Å²) in [6.45, 7) is 4.95. The van der Waals surface area contributed by atoms with E-state index < -0.39 is 0 Å². The Balaban J connectivity index is 1.20. The number of hydrogen-bond donors (Lipinski definition) is 1. The number of dihydropyridines is 1. The van der Waals surface area contributed by atoms with E-state index in [0.717, 1.165) is 51.4 Å². The zero-order valence-corrected chi connectivity index (χ0v) is 27.4. The number of hydrogen-bond acceptors (Lipinski definition) is 4. The van der Waals surface area contributed by atoms with Crippen molar-refractivity contribution in [2.75, 3.05) is 6.54 Å². The van der Waals surface area contributed by atoms with Gasteiger partial charge in [0.15, 0.2) is 0 Å². The highest BCUT2D eigenvalue weighted by molar-refractivity contribution is 6.19. The molecule has 0 spiro atoms. The fourth-order valence-electron chi connectivity index (χ4n) is 7.07. The van der Waals surface area contributed by atoms with Crippen molar-refractivity contribution in [2.24, 2.45) is 0 Å². The molecule has 49 heavy (non-hydrogen) atoms. The van der Waals surface area contributed by atoms with E-state index in [4.69, 9.17) is 0 Å². The topological polar surface area (TPSA) is 55.6 Å². The molecule has 0 fully saturated rings. The lowest BCUT2D eigenvalue weighted by molar-refractivity contribution is 0.981. The first kappa shape index (κ1) is 28.9. The van der Waals surface area contributed by atoms with Crippen molar-refractivity contribution in [2.45, 2.75) is 13.8 Å². The summed E-state index contributed by atoms with van der Waals surface area (Å²) in [5.41, 5.74) is 14.5. The van der Waals surface area contributed by atoms with E-state index in [9.17, 15) is 0 Å². The summed E-state index contributed by atoms with van der Waals surface area (Å²) in [5.74, 6) is 0. The Bertz CT molecular complexity index is 2630. The Hall–Kier alpha value is -6.33. The average molecular weight is 632 g/mol. The highest BCUT2D eigenvalue weighted by atomic mass is 15.0. The molecule has 0 atom stereocenters. The van der Waals surface area contributed by atoms with Crippen LogP contribution in [-0.4, -0.2) is 26.1 Å². The minimum atomic E-state index is 0.754. The largest absolute Gasteiger partial charge is 0.386 e. The third kappa shape index (κ3) is 5.17. The fourth-order valence-corrected chi connectivity index (χ4v) is 7.07. The van der Waals surface area contributed by atoms with Crippen LogP contribution in [0.5, 0.6) is 0 Å². The number of fused-ring (bicyclic) bond motifs is 5. The van der Waals surface area contributed by atoms with Gasteiger partial charge in [0.25, 0.3) is 0 Å². The minimum absolute atomic E-state index is 0.754. The molecule has 1 aliphatic rings. The molecule has 4 aromatic carbocycles. The van der Waals surface area contributed by atoms with Gasteiger partial charge in [-0.05, 0) is 113 Å². The van der Waals surface area contributed by atoms with Crippen LogP contribution in [0.15, 0.2) is 146 Å². The number of para-hydroxylation sites is 1. The van der Waals surface area contributed by atoms with Crippen LogP contribution < -0.4 is 5.32 Å². The van der Waals surface area contributed by atoms with E-state index in [2.05, 4.69) is 148 Å². The zero-order chi connectivity index (χ0) is 32.9. The standard InChI is InChI=1S/C44H33N5/c1-28-14-16-47-41(18-28)35-21-33(24-45-26-35)30-8-11-38-32(20-30)10-13-40-39-12-9-31(23-43(39)49(44(38)40)37-6-4-3-5-7-37)34-22-36(27-46-25-34)42-19-29(2)15-17-48-42/h3-26,46H,27H2,1-2H3. The number of pyridine rings is 3. The van der Waals surface area contributed by atoms with Crippen molar-refractivity contribution in [3.05, 3.63) is 169 Å². The van der Waals surface area contributed by atoms with Crippen LogP contribution >= 0.6 is 0 Å². The molecule has 1 N–H and O–H groups in total. The zero-order valence-electron chi connectivity index (χ0n) is 27.4. The van der Waals surface area contributed by atoms with Gasteiger partial charge in [-0.15, -0.1) is 0 Å². The summed E-state index contributed by atoms with van der Waals surface area (Å²) in [5, 5.41) is 8.34. The van der Waals surface area contributed by atoms with Gasteiger partial charge in [-0.1, -0.05) is 54.6 Å². The van der Waals surface area contributed by atoms with Gasteiger partial charge in [0.05, 0.1) is 22.4 Å². The number of aryl methyl sites for hydroxylation is 2. The van der Waals surface area contributed by atoms with Gasteiger partial charge in [-0.3, -0.25) is 15.0 Å². The van der Waals surface area contributed by atoms with Crippen LogP contribution in [0.3, 0.4) is 0 Å². The van der Waals surface area contributed by atoms with E-state index in [1.165, 1.54) is 49.3 Å². The van der Waals surface area contributed by atoms with Gasteiger partial charge in [0, 0.05) is 70.5 Å². The third-order valence-electron chi connectivity index (χ3n) is 9.50. The molecule has 0 saturated carbocycles. The van der Waals surface area contributed by atoms with Crippen molar-refractivity contribution in [3.63, 3.8) is 0 Å². The summed E-state index contributed by atoms with van der Waals surface area (Å²) in [7, 11) is 0. The summed E-state index contributed by atoms with van der Waals surface area (Å²) in [6, 6.07) is 39.3. The van der Waals surface area contributed by atoms with Crippen molar-refractivity contribution in [1.29, 1.82) is 0 Å². The fraction of sp³-hybridized carbons (Fsp3) is 0.0682. The maximum atomic E-state index is 4.65.